The van der Waals surface area contributed by atoms with E-state index in [9.17, 15) is 0 Å². The SMILES string of the molecule is c1ccc2c(c1)sc1cc3cc4sc5ccc(-n6c7ccccc7c7ccccc76)cc5c4cc3cc12. The highest BCUT2D eigenvalue weighted by molar-refractivity contribution is 7.26. The summed E-state index contributed by atoms with van der Waals surface area (Å²) in [6.07, 6.45) is 0. The van der Waals surface area contributed by atoms with Crippen LogP contribution in [-0.4, -0.2) is 4.57 Å². The highest BCUT2D eigenvalue weighted by Crippen LogP contribution is 2.42. The van der Waals surface area contributed by atoms with Gasteiger partial charge >= 0.3 is 0 Å². The van der Waals surface area contributed by atoms with Crippen LogP contribution in [0.5, 0.6) is 0 Å². The van der Waals surface area contributed by atoms with Crippen LogP contribution in [-0.2, 0) is 0 Å². The van der Waals surface area contributed by atoms with Gasteiger partial charge in [0.05, 0.1) is 11.0 Å². The van der Waals surface area contributed by atoms with Crippen molar-refractivity contribution < 1.29 is 0 Å². The Bertz CT molecular complexity index is 2310. The topological polar surface area (TPSA) is 4.93 Å². The fourth-order valence-electron chi connectivity index (χ4n) is 6.07. The molecular weight excluding hydrogens is 487 g/mol. The standard InChI is InChI=1S/C34H19NS2/c1-4-10-29-23(7-1)24-8-2-5-11-30(24)35(29)22-13-14-32-28(19-22)27-16-20-15-26-25-9-3-6-12-31(25)36-33(26)17-21(20)18-34(27)37-32/h1-19H. The van der Waals surface area contributed by atoms with Gasteiger partial charge in [-0.1, -0.05) is 54.6 Å². The largest absolute Gasteiger partial charge is 0.309 e. The van der Waals surface area contributed by atoms with Crippen LogP contribution in [0.15, 0.2) is 115 Å². The first-order valence-electron chi connectivity index (χ1n) is 12.5. The zero-order chi connectivity index (χ0) is 24.1. The Hall–Kier alpha value is -4.18. The van der Waals surface area contributed by atoms with E-state index < -0.39 is 0 Å². The molecule has 0 spiro atoms. The molecule has 9 rings (SSSR count). The number of rotatable bonds is 1. The van der Waals surface area contributed by atoms with E-state index in [4.69, 9.17) is 0 Å². The van der Waals surface area contributed by atoms with Crippen molar-refractivity contribution in [1.82, 2.24) is 4.57 Å². The maximum atomic E-state index is 2.41. The predicted molar refractivity (Wildman–Crippen MR) is 164 cm³/mol. The lowest BCUT2D eigenvalue weighted by molar-refractivity contribution is 1.19. The quantitative estimate of drug-likeness (QED) is 0.209. The minimum absolute atomic E-state index is 1.21. The molecule has 1 nitrogen and oxygen atoms in total. The Morgan fingerprint density at radius 1 is 0.378 bits per heavy atom. The van der Waals surface area contributed by atoms with Crippen molar-refractivity contribution >= 4 is 95.6 Å². The molecule has 172 valence electrons. The van der Waals surface area contributed by atoms with Crippen LogP contribution in [0.3, 0.4) is 0 Å². The average molecular weight is 506 g/mol. The molecule has 0 atom stereocenters. The van der Waals surface area contributed by atoms with E-state index >= 15 is 0 Å². The van der Waals surface area contributed by atoms with E-state index in [0.29, 0.717) is 0 Å². The fraction of sp³-hybridized carbons (Fsp3) is 0. The summed E-state index contributed by atoms with van der Waals surface area (Å²) >= 11 is 3.78. The third-order valence-electron chi connectivity index (χ3n) is 7.75. The minimum Gasteiger partial charge on any atom is -0.309 e. The Morgan fingerprint density at radius 2 is 0.892 bits per heavy atom. The highest BCUT2D eigenvalue weighted by Gasteiger charge is 2.14. The van der Waals surface area contributed by atoms with Crippen molar-refractivity contribution in [3.63, 3.8) is 0 Å². The molecule has 0 N–H and O–H groups in total. The van der Waals surface area contributed by atoms with E-state index in [1.165, 1.54) is 78.6 Å². The minimum atomic E-state index is 1.21. The molecule has 0 bridgehead atoms. The number of hydrogen-bond donors (Lipinski definition) is 0. The van der Waals surface area contributed by atoms with Gasteiger partial charge in [-0.3, -0.25) is 0 Å². The van der Waals surface area contributed by atoms with Gasteiger partial charge in [0.15, 0.2) is 0 Å². The monoisotopic (exact) mass is 505 g/mol. The molecule has 37 heavy (non-hydrogen) atoms. The van der Waals surface area contributed by atoms with Crippen LogP contribution < -0.4 is 0 Å². The summed E-state index contributed by atoms with van der Waals surface area (Å²) in [6, 6.07) is 42.7. The van der Waals surface area contributed by atoms with Crippen LogP contribution in [0.2, 0.25) is 0 Å². The van der Waals surface area contributed by atoms with Crippen LogP contribution in [0.4, 0.5) is 0 Å². The molecule has 3 heterocycles. The van der Waals surface area contributed by atoms with Crippen LogP contribution in [0, 0.1) is 0 Å². The second-order valence-corrected chi connectivity index (χ2v) is 12.0. The number of para-hydroxylation sites is 2. The first-order chi connectivity index (χ1) is 18.3. The van der Waals surface area contributed by atoms with Gasteiger partial charge in [0.25, 0.3) is 0 Å². The lowest BCUT2D eigenvalue weighted by Crippen LogP contribution is -1.93. The summed E-state index contributed by atoms with van der Waals surface area (Å²) < 4.78 is 7.82. The molecule has 0 unspecified atom stereocenters. The van der Waals surface area contributed by atoms with Gasteiger partial charge in [-0.2, -0.15) is 0 Å². The van der Waals surface area contributed by atoms with E-state index in [2.05, 4.69) is 120 Å². The molecule has 0 aliphatic heterocycles. The van der Waals surface area contributed by atoms with Crippen LogP contribution >= 0.6 is 22.7 Å². The third-order valence-corrected chi connectivity index (χ3v) is 10.0. The molecule has 0 aliphatic rings. The normalized spacial score (nSPS) is 12.3. The van der Waals surface area contributed by atoms with Gasteiger partial charge in [0.1, 0.15) is 0 Å². The smallest absolute Gasteiger partial charge is 0.0541 e. The summed E-state index contributed by atoms with van der Waals surface area (Å²) in [5.74, 6) is 0. The van der Waals surface area contributed by atoms with E-state index in [1.807, 2.05) is 22.7 Å². The molecule has 0 saturated heterocycles. The number of aromatic nitrogens is 1. The molecule has 0 radical (unpaired) electrons. The number of fused-ring (bicyclic) bond motifs is 10. The lowest BCUT2D eigenvalue weighted by atomic mass is 10.0. The molecule has 6 aromatic carbocycles. The van der Waals surface area contributed by atoms with Crippen LogP contribution in [0.1, 0.15) is 0 Å². The Kier molecular flexibility index (Phi) is 3.88. The summed E-state index contributed by atoms with van der Waals surface area (Å²) in [5.41, 5.74) is 3.71. The van der Waals surface area contributed by atoms with Gasteiger partial charge in [-0.05, 0) is 71.4 Å². The molecule has 0 aliphatic carbocycles. The maximum absolute atomic E-state index is 2.41. The van der Waals surface area contributed by atoms with Crippen molar-refractivity contribution in [3.05, 3.63) is 115 Å². The lowest BCUT2D eigenvalue weighted by Gasteiger charge is -2.08. The van der Waals surface area contributed by atoms with Crippen LogP contribution in [0.25, 0.3) is 78.6 Å². The molecular formula is C34H19NS2. The Morgan fingerprint density at radius 3 is 1.59 bits per heavy atom. The van der Waals surface area contributed by atoms with Gasteiger partial charge in [0.2, 0.25) is 0 Å². The Labute approximate surface area is 220 Å². The molecule has 9 aromatic rings. The number of thiophene rings is 2. The van der Waals surface area contributed by atoms with Crippen molar-refractivity contribution in [2.75, 3.05) is 0 Å². The average Bonchev–Trinajstić information content (AvgIpc) is 3.59. The van der Waals surface area contributed by atoms with Crippen molar-refractivity contribution in [2.45, 2.75) is 0 Å². The summed E-state index contributed by atoms with van der Waals surface area (Å²) in [4.78, 5) is 0. The van der Waals surface area contributed by atoms with Gasteiger partial charge in [-0.15, -0.1) is 22.7 Å². The highest BCUT2D eigenvalue weighted by atomic mass is 32.1. The van der Waals surface area contributed by atoms with Gasteiger partial charge < -0.3 is 4.57 Å². The van der Waals surface area contributed by atoms with E-state index in [1.54, 1.807) is 0 Å². The van der Waals surface area contributed by atoms with E-state index in [0.717, 1.165) is 0 Å². The second-order valence-electron chi connectivity index (χ2n) is 9.79. The number of nitrogens with zero attached hydrogens (tertiary/aromatic N) is 1. The second kappa shape index (κ2) is 7.19. The summed E-state index contributed by atoms with van der Waals surface area (Å²) in [7, 11) is 0. The molecule has 0 saturated carbocycles. The first-order valence-corrected chi connectivity index (χ1v) is 14.1. The summed E-state index contributed by atoms with van der Waals surface area (Å²) in [5, 5.41) is 10.6. The zero-order valence-electron chi connectivity index (χ0n) is 19.7. The van der Waals surface area contributed by atoms with E-state index in [-0.39, 0.29) is 0 Å². The fourth-order valence-corrected chi connectivity index (χ4v) is 8.32. The number of hydrogen-bond acceptors (Lipinski definition) is 2. The van der Waals surface area contributed by atoms with Gasteiger partial charge in [-0.25, -0.2) is 0 Å². The predicted octanol–water partition coefficient (Wildman–Crippen LogP) is 10.7. The van der Waals surface area contributed by atoms with Gasteiger partial charge in [0, 0.05) is 56.8 Å². The number of benzene rings is 6. The molecule has 0 amide bonds. The Balaban J connectivity index is 1.34. The van der Waals surface area contributed by atoms with Crippen molar-refractivity contribution in [3.8, 4) is 5.69 Å². The van der Waals surface area contributed by atoms with Crippen molar-refractivity contribution in [2.24, 2.45) is 0 Å². The summed E-state index contributed by atoms with van der Waals surface area (Å²) in [6.45, 7) is 0. The zero-order valence-corrected chi connectivity index (χ0v) is 21.4. The third kappa shape index (κ3) is 2.73. The maximum Gasteiger partial charge on any atom is 0.0541 e. The van der Waals surface area contributed by atoms with Crippen molar-refractivity contribution in [1.29, 1.82) is 0 Å². The molecule has 3 aromatic heterocycles. The first kappa shape index (κ1) is 19.9. The molecule has 3 heteroatoms. The molecule has 0 fully saturated rings.